The van der Waals surface area contributed by atoms with E-state index in [2.05, 4.69) is 20.7 Å². The fraction of sp³-hybridized carbons (Fsp3) is 0.158. The SMILES string of the molecule is N#Cc1sc(NCCNc2nc(-c3ccc(Cl)cc3Cl)cn3nc(CO)cc23)nc1N. The Hall–Kier alpha value is -3.10. The number of nitrogen functional groups attached to an aromatic ring is 1. The molecule has 0 saturated heterocycles. The van der Waals surface area contributed by atoms with Crippen LogP contribution in [0.15, 0.2) is 30.5 Å². The molecule has 0 atom stereocenters. The summed E-state index contributed by atoms with van der Waals surface area (Å²) >= 11 is 13.6. The van der Waals surface area contributed by atoms with Crippen LogP contribution in [0.2, 0.25) is 10.0 Å². The first-order valence-corrected chi connectivity index (χ1v) is 10.7. The lowest BCUT2D eigenvalue weighted by Crippen LogP contribution is -2.15. The summed E-state index contributed by atoms with van der Waals surface area (Å²) in [7, 11) is 0. The number of fused-ring (bicyclic) bond motifs is 1. The molecule has 12 heteroatoms. The molecule has 0 unspecified atom stereocenters. The van der Waals surface area contributed by atoms with Gasteiger partial charge in [-0.25, -0.2) is 14.5 Å². The number of aliphatic hydroxyl groups is 1. The van der Waals surface area contributed by atoms with Crippen LogP contribution < -0.4 is 16.4 Å². The first-order valence-electron chi connectivity index (χ1n) is 9.08. The quantitative estimate of drug-likeness (QED) is 0.298. The van der Waals surface area contributed by atoms with Crippen molar-refractivity contribution in [3.63, 3.8) is 0 Å². The van der Waals surface area contributed by atoms with Crippen molar-refractivity contribution in [1.82, 2.24) is 19.6 Å². The van der Waals surface area contributed by atoms with Gasteiger partial charge in [-0.05, 0) is 24.3 Å². The molecule has 9 nitrogen and oxygen atoms in total. The van der Waals surface area contributed by atoms with Crippen molar-refractivity contribution in [2.45, 2.75) is 6.61 Å². The fourth-order valence-corrected chi connectivity index (χ4v) is 4.13. The summed E-state index contributed by atoms with van der Waals surface area (Å²) in [5.41, 5.74) is 8.22. The fourth-order valence-electron chi connectivity index (χ4n) is 2.92. The first-order chi connectivity index (χ1) is 15.0. The molecule has 158 valence electrons. The Morgan fingerprint density at radius 3 is 2.71 bits per heavy atom. The molecule has 3 heterocycles. The van der Waals surface area contributed by atoms with Gasteiger partial charge in [0.25, 0.3) is 0 Å². The number of nitriles is 1. The van der Waals surface area contributed by atoms with Crippen LogP contribution in [0.25, 0.3) is 16.8 Å². The van der Waals surface area contributed by atoms with Gasteiger partial charge < -0.3 is 21.5 Å². The normalized spacial score (nSPS) is 10.9. The summed E-state index contributed by atoms with van der Waals surface area (Å²) < 4.78 is 1.65. The maximum atomic E-state index is 9.47. The molecular weight excluding hydrogens is 459 g/mol. The topological polar surface area (TPSA) is 137 Å². The second kappa shape index (κ2) is 8.95. The molecule has 5 N–H and O–H groups in total. The highest BCUT2D eigenvalue weighted by molar-refractivity contribution is 7.16. The molecule has 31 heavy (non-hydrogen) atoms. The molecule has 0 bridgehead atoms. The van der Waals surface area contributed by atoms with Crippen molar-refractivity contribution >= 4 is 56.8 Å². The third-order valence-corrected chi connectivity index (χ3v) is 5.80. The van der Waals surface area contributed by atoms with Crippen LogP contribution in [0.3, 0.4) is 0 Å². The Morgan fingerprint density at radius 1 is 1.19 bits per heavy atom. The third kappa shape index (κ3) is 4.50. The van der Waals surface area contributed by atoms with E-state index >= 15 is 0 Å². The van der Waals surface area contributed by atoms with E-state index in [1.807, 2.05) is 6.07 Å². The minimum absolute atomic E-state index is 0.188. The lowest BCUT2D eigenvalue weighted by Gasteiger charge is -2.11. The van der Waals surface area contributed by atoms with Crippen molar-refractivity contribution in [3.8, 4) is 17.3 Å². The summed E-state index contributed by atoms with van der Waals surface area (Å²) in [6.07, 6.45) is 1.74. The molecular formula is C19H16Cl2N8OS. The van der Waals surface area contributed by atoms with Crippen LogP contribution in [0.1, 0.15) is 10.6 Å². The molecule has 0 spiro atoms. The number of nitrogens with two attached hydrogens (primary N) is 1. The predicted molar refractivity (Wildman–Crippen MR) is 123 cm³/mol. The Kier molecular flexibility index (Phi) is 6.11. The standard InChI is InChI=1S/C19H16Cl2N8OS/c20-10-1-2-12(13(21)5-10)14-8-29-15(6-11(9-30)28-29)18(26-14)24-3-4-25-19-27-17(23)16(7-22)31-19/h1-2,5-6,8,30H,3-4,9,23H2,(H,24,26)(H,25,27). The zero-order chi connectivity index (χ0) is 22.0. The molecule has 0 aliphatic rings. The van der Waals surface area contributed by atoms with Crippen molar-refractivity contribution < 1.29 is 5.11 Å². The maximum absolute atomic E-state index is 9.47. The number of hydrogen-bond donors (Lipinski definition) is 4. The van der Waals surface area contributed by atoms with Crippen LogP contribution in [0.5, 0.6) is 0 Å². The van der Waals surface area contributed by atoms with Gasteiger partial charge in [-0.2, -0.15) is 10.4 Å². The van der Waals surface area contributed by atoms with Gasteiger partial charge in [-0.3, -0.25) is 0 Å². The average Bonchev–Trinajstić information content (AvgIpc) is 3.33. The van der Waals surface area contributed by atoms with E-state index in [1.165, 1.54) is 11.3 Å². The van der Waals surface area contributed by atoms with Crippen LogP contribution in [0.4, 0.5) is 16.8 Å². The molecule has 4 aromatic rings. The van der Waals surface area contributed by atoms with Crippen LogP contribution >= 0.6 is 34.5 Å². The van der Waals surface area contributed by atoms with Gasteiger partial charge in [0.05, 0.1) is 29.2 Å². The van der Waals surface area contributed by atoms with E-state index in [1.54, 1.807) is 35.0 Å². The van der Waals surface area contributed by atoms with Crippen LogP contribution in [-0.4, -0.2) is 37.8 Å². The van der Waals surface area contributed by atoms with Crippen LogP contribution in [0, 0.1) is 11.3 Å². The van der Waals surface area contributed by atoms with E-state index in [0.29, 0.717) is 61.4 Å². The second-order valence-corrected chi connectivity index (χ2v) is 8.26. The number of benzene rings is 1. The van der Waals surface area contributed by atoms with Gasteiger partial charge in [0.1, 0.15) is 16.5 Å². The number of aromatic nitrogens is 4. The van der Waals surface area contributed by atoms with Crippen molar-refractivity contribution in [2.75, 3.05) is 29.5 Å². The van der Waals surface area contributed by atoms with Crippen molar-refractivity contribution in [1.29, 1.82) is 5.26 Å². The lowest BCUT2D eigenvalue weighted by molar-refractivity contribution is 0.276. The number of thiazole rings is 1. The molecule has 0 saturated carbocycles. The highest BCUT2D eigenvalue weighted by Crippen LogP contribution is 2.31. The number of nitrogens with one attached hydrogen (secondary N) is 2. The average molecular weight is 475 g/mol. The Balaban J connectivity index is 1.57. The number of halogens is 2. The van der Waals surface area contributed by atoms with E-state index in [0.717, 1.165) is 0 Å². The maximum Gasteiger partial charge on any atom is 0.186 e. The van der Waals surface area contributed by atoms with Gasteiger partial charge in [0.15, 0.2) is 16.8 Å². The van der Waals surface area contributed by atoms with E-state index in [-0.39, 0.29) is 12.4 Å². The summed E-state index contributed by atoms with van der Waals surface area (Å²) in [5, 5.41) is 30.8. The Morgan fingerprint density at radius 2 is 2.00 bits per heavy atom. The Bertz CT molecular complexity index is 1300. The zero-order valence-corrected chi connectivity index (χ0v) is 18.3. The molecule has 0 radical (unpaired) electrons. The predicted octanol–water partition coefficient (Wildman–Crippen LogP) is 3.63. The smallest absolute Gasteiger partial charge is 0.186 e. The summed E-state index contributed by atoms with van der Waals surface area (Å²) in [4.78, 5) is 9.19. The highest BCUT2D eigenvalue weighted by Gasteiger charge is 2.14. The molecule has 0 amide bonds. The van der Waals surface area contributed by atoms with Gasteiger partial charge in [0, 0.05) is 23.7 Å². The highest BCUT2D eigenvalue weighted by atomic mass is 35.5. The number of hydrogen-bond acceptors (Lipinski definition) is 9. The molecule has 1 aromatic carbocycles. The first kappa shape index (κ1) is 21.1. The number of rotatable bonds is 7. The second-order valence-electron chi connectivity index (χ2n) is 6.42. The summed E-state index contributed by atoms with van der Waals surface area (Å²) in [5.74, 6) is 0.795. The molecule has 4 rings (SSSR count). The third-order valence-electron chi connectivity index (χ3n) is 4.32. The summed E-state index contributed by atoms with van der Waals surface area (Å²) in [6, 6.07) is 8.95. The number of nitrogens with zero attached hydrogens (tertiary/aromatic N) is 5. The number of aliphatic hydroxyl groups excluding tert-OH is 1. The molecule has 0 aliphatic heterocycles. The molecule has 0 aliphatic carbocycles. The van der Waals surface area contributed by atoms with Gasteiger partial charge in [-0.1, -0.05) is 34.5 Å². The zero-order valence-electron chi connectivity index (χ0n) is 15.9. The largest absolute Gasteiger partial charge is 0.390 e. The van der Waals surface area contributed by atoms with E-state index in [9.17, 15) is 5.11 Å². The Labute approximate surface area is 191 Å². The minimum Gasteiger partial charge on any atom is -0.390 e. The number of anilines is 3. The van der Waals surface area contributed by atoms with Crippen LogP contribution in [-0.2, 0) is 6.61 Å². The van der Waals surface area contributed by atoms with Crippen molar-refractivity contribution in [2.24, 2.45) is 0 Å². The molecule has 3 aromatic heterocycles. The van der Waals surface area contributed by atoms with Gasteiger partial charge >= 0.3 is 0 Å². The van der Waals surface area contributed by atoms with E-state index < -0.39 is 0 Å². The van der Waals surface area contributed by atoms with Gasteiger partial charge in [-0.15, -0.1) is 0 Å². The minimum atomic E-state index is -0.188. The molecule has 0 fully saturated rings. The lowest BCUT2D eigenvalue weighted by atomic mass is 10.1. The van der Waals surface area contributed by atoms with Gasteiger partial charge in [0.2, 0.25) is 0 Å². The summed E-state index contributed by atoms with van der Waals surface area (Å²) in [6.45, 7) is 0.826. The monoisotopic (exact) mass is 474 g/mol. The van der Waals surface area contributed by atoms with Crippen molar-refractivity contribution in [3.05, 3.63) is 51.1 Å². The van der Waals surface area contributed by atoms with E-state index in [4.69, 9.17) is 39.2 Å².